The highest BCUT2D eigenvalue weighted by Gasteiger charge is 2.24. The quantitative estimate of drug-likeness (QED) is 0.803. The van der Waals surface area contributed by atoms with Gasteiger partial charge in [0.25, 0.3) is 0 Å². The molecule has 112 valence electrons. The minimum Gasteiger partial charge on any atom is -0.384 e. The average molecular weight is 298 g/mol. The van der Waals surface area contributed by atoms with Gasteiger partial charge in [-0.1, -0.05) is 6.92 Å². The first-order valence-electron chi connectivity index (χ1n) is 6.55. The van der Waals surface area contributed by atoms with E-state index in [0.717, 1.165) is 5.69 Å². The van der Waals surface area contributed by atoms with Crippen molar-refractivity contribution >= 4 is 21.4 Å². The normalized spacial score (nSPS) is 12.2. The van der Waals surface area contributed by atoms with E-state index in [4.69, 9.17) is 5.73 Å². The van der Waals surface area contributed by atoms with Crippen molar-refractivity contribution in [3.05, 3.63) is 24.3 Å². The van der Waals surface area contributed by atoms with Crippen molar-refractivity contribution in [3.63, 3.8) is 0 Å². The van der Waals surface area contributed by atoms with Crippen LogP contribution in [-0.4, -0.2) is 26.6 Å². The molecule has 0 heterocycles. The molecule has 0 unspecified atom stereocenters. The fourth-order valence-corrected chi connectivity index (χ4v) is 2.90. The molecule has 0 bridgehead atoms. The fraction of sp³-hybridized carbons (Fsp3) is 0.500. The lowest BCUT2D eigenvalue weighted by molar-refractivity contribution is -0.125. The molecule has 0 aliphatic heterocycles. The summed E-state index contributed by atoms with van der Waals surface area (Å²) in [6, 6.07) is 6.54. The molecule has 0 spiro atoms. The van der Waals surface area contributed by atoms with Crippen LogP contribution in [-0.2, 0) is 14.6 Å². The predicted octanol–water partition coefficient (Wildman–Crippen LogP) is 1.79. The van der Waals surface area contributed by atoms with Gasteiger partial charge >= 0.3 is 0 Å². The number of sulfone groups is 1. The zero-order chi connectivity index (χ0) is 15.4. The van der Waals surface area contributed by atoms with Crippen LogP contribution in [0.2, 0.25) is 0 Å². The summed E-state index contributed by atoms with van der Waals surface area (Å²) in [6.07, 6.45) is 0.592. The predicted molar refractivity (Wildman–Crippen MR) is 80.3 cm³/mol. The molecule has 0 fully saturated rings. The topological polar surface area (TPSA) is 89.3 Å². The second-order valence-corrected chi connectivity index (χ2v) is 7.55. The Labute approximate surface area is 120 Å². The molecule has 1 aromatic carbocycles. The van der Waals surface area contributed by atoms with Gasteiger partial charge in [-0.25, -0.2) is 8.42 Å². The fourth-order valence-electron chi connectivity index (χ4n) is 1.58. The molecule has 0 aliphatic rings. The number of nitrogens with two attached hydrogens (primary N) is 1. The maximum absolute atomic E-state index is 11.9. The summed E-state index contributed by atoms with van der Waals surface area (Å²) in [5, 5.41) is 3.08. The molecule has 5 nitrogen and oxygen atoms in total. The van der Waals surface area contributed by atoms with E-state index in [9.17, 15) is 13.2 Å². The summed E-state index contributed by atoms with van der Waals surface area (Å²) >= 11 is 0. The van der Waals surface area contributed by atoms with Crippen LogP contribution < -0.4 is 11.1 Å². The first-order valence-corrected chi connectivity index (χ1v) is 8.21. The van der Waals surface area contributed by atoms with E-state index in [0.29, 0.717) is 17.9 Å². The largest absolute Gasteiger partial charge is 0.384 e. The number of hydrogen-bond donors (Lipinski definition) is 2. The van der Waals surface area contributed by atoms with Crippen molar-refractivity contribution in [3.8, 4) is 0 Å². The Kier molecular flexibility index (Phi) is 5.16. The number of carbonyl (C=O) groups is 1. The Morgan fingerprint density at radius 2 is 1.80 bits per heavy atom. The van der Waals surface area contributed by atoms with Gasteiger partial charge in [0.15, 0.2) is 9.84 Å². The Balaban J connectivity index is 2.76. The van der Waals surface area contributed by atoms with Gasteiger partial charge in [-0.15, -0.1) is 0 Å². The smallest absolute Gasteiger partial charge is 0.224 e. The zero-order valence-electron chi connectivity index (χ0n) is 12.1. The molecule has 0 radical (unpaired) electrons. The molecule has 1 rings (SSSR count). The Hall–Kier alpha value is -1.56. The van der Waals surface area contributed by atoms with Gasteiger partial charge in [0, 0.05) is 12.2 Å². The summed E-state index contributed by atoms with van der Waals surface area (Å²) in [5.41, 5.74) is 5.39. The van der Waals surface area contributed by atoms with Gasteiger partial charge in [-0.05, 0) is 44.5 Å². The van der Waals surface area contributed by atoms with E-state index in [2.05, 4.69) is 5.32 Å². The van der Waals surface area contributed by atoms with Crippen LogP contribution in [0, 0.1) is 5.41 Å². The number of anilines is 1. The number of amides is 1. The van der Waals surface area contributed by atoms with Crippen molar-refractivity contribution in [1.82, 2.24) is 0 Å². The highest BCUT2D eigenvalue weighted by molar-refractivity contribution is 7.91. The van der Waals surface area contributed by atoms with Gasteiger partial charge in [0.05, 0.1) is 16.1 Å². The van der Waals surface area contributed by atoms with Crippen LogP contribution in [0.3, 0.4) is 0 Å². The van der Waals surface area contributed by atoms with Crippen molar-refractivity contribution in [1.29, 1.82) is 0 Å². The number of benzene rings is 1. The lowest BCUT2D eigenvalue weighted by atomic mass is 9.93. The minimum absolute atomic E-state index is 0.147. The van der Waals surface area contributed by atoms with Crippen molar-refractivity contribution in [2.75, 3.05) is 17.6 Å². The van der Waals surface area contributed by atoms with Crippen LogP contribution in [0.4, 0.5) is 5.69 Å². The molecule has 0 aliphatic carbocycles. The molecular formula is C14H22N2O3S. The number of nitrogens with one attached hydrogen (secondary N) is 1. The molecule has 0 atom stereocenters. The van der Waals surface area contributed by atoms with Crippen LogP contribution in [0.5, 0.6) is 0 Å². The summed E-state index contributed by atoms with van der Waals surface area (Å²) in [4.78, 5) is 11.5. The molecule has 0 saturated heterocycles. The molecule has 3 N–H and O–H groups in total. The first kappa shape index (κ1) is 16.5. The average Bonchev–Trinajstić information content (AvgIpc) is 2.37. The third-order valence-electron chi connectivity index (χ3n) is 3.09. The van der Waals surface area contributed by atoms with E-state index in [1.807, 2.05) is 6.92 Å². The van der Waals surface area contributed by atoms with Gasteiger partial charge in [-0.2, -0.15) is 0 Å². The van der Waals surface area contributed by atoms with Crippen molar-refractivity contribution in [2.45, 2.75) is 32.1 Å². The van der Waals surface area contributed by atoms with Crippen LogP contribution in [0.25, 0.3) is 0 Å². The SMILES string of the molecule is CCCS(=O)(=O)c1ccc(NCC(C)(C)C(N)=O)cc1. The van der Waals surface area contributed by atoms with E-state index in [-0.39, 0.29) is 11.7 Å². The number of hydrogen-bond acceptors (Lipinski definition) is 4. The Bertz CT molecular complexity index is 563. The minimum atomic E-state index is -3.19. The zero-order valence-corrected chi connectivity index (χ0v) is 13.0. The number of primary amides is 1. The molecule has 1 aromatic rings. The van der Waals surface area contributed by atoms with Gasteiger partial charge < -0.3 is 11.1 Å². The third-order valence-corrected chi connectivity index (χ3v) is 5.02. The van der Waals surface area contributed by atoms with Crippen molar-refractivity contribution in [2.24, 2.45) is 11.1 Å². The van der Waals surface area contributed by atoms with Crippen molar-refractivity contribution < 1.29 is 13.2 Å². The maximum atomic E-state index is 11.9. The highest BCUT2D eigenvalue weighted by atomic mass is 32.2. The summed E-state index contributed by atoms with van der Waals surface area (Å²) in [7, 11) is -3.19. The maximum Gasteiger partial charge on any atom is 0.224 e. The molecule has 6 heteroatoms. The third kappa shape index (κ3) is 4.23. The Morgan fingerprint density at radius 3 is 2.25 bits per heavy atom. The molecule has 0 aromatic heterocycles. The van der Waals surface area contributed by atoms with E-state index in [1.165, 1.54) is 0 Å². The molecular weight excluding hydrogens is 276 g/mol. The van der Waals surface area contributed by atoms with E-state index in [1.54, 1.807) is 38.1 Å². The lowest BCUT2D eigenvalue weighted by Crippen LogP contribution is -2.37. The van der Waals surface area contributed by atoms with Crippen LogP contribution in [0.1, 0.15) is 27.2 Å². The standard InChI is InChI=1S/C14H22N2O3S/c1-4-9-20(18,19)12-7-5-11(6-8-12)16-10-14(2,3)13(15)17/h5-8,16H,4,9-10H2,1-3H3,(H2,15,17). The van der Waals surface area contributed by atoms with Gasteiger partial charge in [0.2, 0.25) is 5.91 Å². The summed E-state index contributed by atoms with van der Waals surface area (Å²) in [6.45, 7) is 5.73. The van der Waals surface area contributed by atoms with E-state index >= 15 is 0 Å². The van der Waals surface area contributed by atoms with Gasteiger partial charge in [-0.3, -0.25) is 4.79 Å². The molecule has 1 amide bonds. The second kappa shape index (κ2) is 6.26. The number of rotatable bonds is 7. The van der Waals surface area contributed by atoms with Crippen LogP contribution in [0.15, 0.2) is 29.2 Å². The second-order valence-electron chi connectivity index (χ2n) is 5.44. The Morgan fingerprint density at radius 1 is 1.25 bits per heavy atom. The van der Waals surface area contributed by atoms with Gasteiger partial charge in [0.1, 0.15) is 0 Å². The summed E-state index contributed by atoms with van der Waals surface area (Å²) < 4.78 is 23.7. The summed E-state index contributed by atoms with van der Waals surface area (Å²) in [5.74, 6) is -0.235. The number of carbonyl (C=O) groups excluding carboxylic acids is 1. The highest BCUT2D eigenvalue weighted by Crippen LogP contribution is 2.19. The monoisotopic (exact) mass is 298 g/mol. The van der Waals surface area contributed by atoms with E-state index < -0.39 is 15.3 Å². The molecule has 20 heavy (non-hydrogen) atoms. The molecule has 0 saturated carbocycles. The first-order chi connectivity index (χ1) is 9.19. The lowest BCUT2D eigenvalue weighted by Gasteiger charge is -2.21. The van der Waals surface area contributed by atoms with Crippen LogP contribution >= 0.6 is 0 Å².